The number of benzene rings is 2. The standard InChI is InChI=1S/C18H18N3O4P/c1-24-26(23,25-2)16-15(12-8-4-3-5-9-12)18(21-20-16)13-10-6-7-11-14(13)19-17(18)22/h3-11,15,21H,1-2H3,(H,19,22)/t15-,18+/m1/s1. The fourth-order valence-electron chi connectivity index (χ4n) is 3.67. The maximum atomic E-state index is 13.1. The second kappa shape index (κ2) is 6.06. The number of nitrogens with one attached hydrogen (secondary N) is 2. The van der Waals surface area contributed by atoms with Crippen LogP contribution in [0.15, 0.2) is 59.7 Å². The zero-order chi connectivity index (χ0) is 18.4. The first kappa shape index (κ1) is 17.0. The second-order valence-corrected chi connectivity index (χ2v) is 8.28. The third kappa shape index (κ3) is 2.18. The van der Waals surface area contributed by atoms with E-state index >= 15 is 0 Å². The summed E-state index contributed by atoms with van der Waals surface area (Å²) >= 11 is 0. The molecule has 2 aliphatic heterocycles. The van der Waals surface area contributed by atoms with Gasteiger partial charge in [0.2, 0.25) is 0 Å². The van der Waals surface area contributed by atoms with Crippen LogP contribution in [-0.4, -0.2) is 25.6 Å². The number of fused-ring (bicyclic) bond motifs is 2. The number of para-hydroxylation sites is 1. The first-order chi connectivity index (χ1) is 12.6. The molecule has 2 heterocycles. The van der Waals surface area contributed by atoms with Crippen LogP contribution in [0.4, 0.5) is 5.69 Å². The summed E-state index contributed by atoms with van der Waals surface area (Å²) in [6.07, 6.45) is 0. The molecule has 4 rings (SSSR count). The molecule has 1 amide bonds. The third-order valence-corrected chi connectivity index (χ3v) is 6.77. The number of hydrogen-bond acceptors (Lipinski definition) is 6. The number of hydrazone groups is 1. The Morgan fingerprint density at radius 1 is 1.04 bits per heavy atom. The third-order valence-electron chi connectivity index (χ3n) is 4.89. The molecule has 0 radical (unpaired) electrons. The highest BCUT2D eigenvalue weighted by Gasteiger charge is 2.61. The van der Waals surface area contributed by atoms with Crippen molar-refractivity contribution in [2.75, 3.05) is 19.5 Å². The van der Waals surface area contributed by atoms with E-state index in [2.05, 4.69) is 15.8 Å². The maximum absolute atomic E-state index is 13.1. The fourth-order valence-corrected chi connectivity index (χ4v) is 5.03. The lowest BCUT2D eigenvalue weighted by Crippen LogP contribution is -2.48. The molecule has 1 spiro atoms. The Kier molecular flexibility index (Phi) is 3.95. The van der Waals surface area contributed by atoms with E-state index in [0.717, 1.165) is 11.1 Å². The van der Waals surface area contributed by atoms with E-state index in [9.17, 15) is 9.36 Å². The summed E-state index contributed by atoms with van der Waals surface area (Å²) in [4.78, 5) is 13.1. The molecule has 0 saturated carbocycles. The lowest BCUT2D eigenvalue weighted by atomic mass is 9.77. The van der Waals surface area contributed by atoms with Gasteiger partial charge in [0.25, 0.3) is 5.91 Å². The molecule has 0 saturated heterocycles. The fraction of sp³-hybridized carbons (Fsp3) is 0.222. The predicted molar refractivity (Wildman–Crippen MR) is 98.1 cm³/mol. The number of carbonyl (C=O) groups is 1. The summed E-state index contributed by atoms with van der Waals surface area (Å²) in [5, 5.41) is 7.18. The van der Waals surface area contributed by atoms with Crippen molar-refractivity contribution in [1.29, 1.82) is 0 Å². The van der Waals surface area contributed by atoms with E-state index in [1.807, 2.05) is 54.6 Å². The largest absolute Gasteiger partial charge is 0.377 e. The van der Waals surface area contributed by atoms with E-state index in [1.54, 1.807) is 0 Å². The van der Waals surface area contributed by atoms with Crippen molar-refractivity contribution in [3.63, 3.8) is 0 Å². The minimum atomic E-state index is -3.66. The number of rotatable bonds is 4. The van der Waals surface area contributed by atoms with Crippen molar-refractivity contribution >= 4 is 24.6 Å². The number of carbonyl (C=O) groups excluding carboxylic acids is 1. The molecule has 2 aliphatic rings. The van der Waals surface area contributed by atoms with Crippen LogP contribution in [0.25, 0.3) is 0 Å². The first-order valence-corrected chi connectivity index (χ1v) is 9.64. The van der Waals surface area contributed by atoms with Crippen molar-refractivity contribution < 1.29 is 18.4 Å². The molecule has 8 heteroatoms. The Morgan fingerprint density at radius 3 is 2.38 bits per heavy atom. The van der Waals surface area contributed by atoms with Crippen molar-refractivity contribution in [1.82, 2.24) is 5.43 Å². The van der Waals surface area contributed by atoms with Crippen molar-refractivity contribution in [2.24, 2.45) is 5.10 Å². The van der Waals surface area contributed by atoms with E-state index in [-0.39, 0.29) is 11.4 Å². The van der Waals surface area contributed by atoms with Crippen LogP contribution in [0.1, 0.15) is 17.0 Å². The van der Waals surface area contributed by atoms with Gasteiger partial charge in [0, 0.05) is 25.5 Å². The van der Waals surface area contributed by atoms with Crippen LogP contribution in [-0.2, 0) is 23.9 Å². The minimum Gasteiger partial charge on any atom is -0.323 e. The Bertz CT molecular complexity index is 938. The minimum absolute atomic E-state index is 0.181. The Balaban J connectivity index is 1.95. The molecule has 7 nitrogen and oxygen atoms in total. The van der Waals surface area contributed by atoms with E-state index in [0.29, 0.717) is 5.69 Å². The molecule has 0 bridgehead atoms. The molecule has 2 aromatic rings. The predicted octanol–water partition coefficient (Wildman–Crippen LogP) is 3.02. The molecule has 0 aromatic heterocycles. The summed E-state index contributed by atoms with van der Waals surface area (Å²) in [7, 11) is -1.04. The van der Waals surface area contributed by atoms with Gasteiger partial charge in [-0.15, -0.1) is 0 Å². The van der Waals surface area contributed by atoms with E-state index < -0.39 is 19.1 Å². The SMILES string of the molecule is COP(=O)(OC)C1=NN[C@]2(C(=O)Nc3ccccc32)[C@@H]1c1ccccc1. The average Bonchev–Trinajstić information content (AvgIpc) is 3.22. The molecule has 26 heavy (non-hydrogen) atoms. The molecular formula is C18H18N3O4P. The normalized spacial score (nSPS) is 24.2. The zero-order valence-electron chi connectivity index (χ0n) is 14.3. The molecule has 2 aromatic carbocycles. The second-order valence-electron chi connectivity index (χ2n) is 6.10. The summed E-state index contributed by atoms with van der Waals surface area (Å²) in [6.45, 7) is 0. The molecular weight excluding hydrogens is 353 g/mol. The lowest BCUT2D eigenvalue weighted by molar-refractivity contribution is -0.121. The van der Waals surface area contributed by atoms with Gasteiger partial charge < -0.3 is 14.4 Å². The van der Waals surface area contributed by atoms with E-state index in [4.69, 9.17) is 9.05 Å². The Labute approximate surface area is 150 Å². The molecule has 2 N–H and O–H groups in total. The number of nitrogens with zero attached hydrogens (tertiary/aromatic N) is 1. The van der Waals surface area contributed by atoms with Gasteiger partial charge in [-0.3, -0.25) is 14.8 Å². The zero-order valence-corrected chi connectivity index (χ0v) is 15.2. The van der Waals surface area contributed by atoms with Gasteiger partial charge in [-0.05, 0) is 11.6 Å². The summed E-state index contributed by atoms with van der Waals surface area (Å²) < 4.78 is 23.5. The lowest BCUT2D eigenvalue weighted by Gasteiger charge is -2.31. The Morgan fingerprint density at radius 2 is 1.69 bits per heavy atom. The highest BCUT2D eigenvalue weighted by molar-refractivity contribution is 7.72. The summed E-state index contributed by atoms with van der Waals surface area (Å²) in [5.41, 5.74) is 4.16. The molecule has 0 aliphatic carbocycles. The van der Waals surface area contributed by atoms with Crippen LogP contribution in [0.2, 0.25) is 0 Å². The number of hydrogen-bond donors (Lipinski definition) is 2. The van der Waals surface area contributed by atoms with Gasteiger partial charge in [0.05, 0.1) is 5.92 Å². The monoisotopic (exact) mass is 371 g/mol. The van der Waals surface area contributed by atoms with Gasteiger partial charge in [0.15, 0.2) is 11.0 Å². The van der Waals surface area contributed by atoms with Crippen molar-refractivity contribution in [2.45, 2.75) is 11.5 Å². The summed E-state index contributed by atoms with van der Waals surface area (Å²) in [5.74, 6) is -0.900. The van der Waals surface area contributed by atoms with Gasteiger partial charge in [-0.25, -0.2) is 0 Å². The smallest absolute Gasteiger partial charge is 0.323 e. The van der Waals surface area contributed by atoms with Crippen LogP contribution >= 0.6 is 7.60 Å². The average molecular weight is 371 g/mol. The van der Waals surface area contributed by atoms with Crippen LogP contribution in [0, 0.1) is 0 Å². The maximum Gasteiger partial charge on any atom is 0.377 e. The molecule has 2 atom stereocenters. The highest BCUT2D eigenvalue weighted by atomic mass is 31.2. The first-order valence-electron chi connectivity index (χ1n) is 8.09. The van der Waals surface area contributed by atoms with Crippen molar-refractivity contribution in [3.8, 4) is 0 Å². The van der Waals surface area contributed by atoms with Gasteiger partial charge >= 0.3 is 7.60 Å². The topological polar surface area (TPSA) is 89.0 Å². The summed E-state index contributed by atoms with van der Waals surface area (Å²) in [6, 6.07) is 16.7. The number of anilines is 1. The van der Waals surface area contributed by atoms with Gasteiger partial charge in [0.1, 0.15) is 0 Å². The van der Waals surface area contributed by atoms with Gasteiger partial charge in [-0.2, -0.15) is 5.10 Å². The van der Waals surface area contributed by atoms with Crippen molar-refractivity contribution in [3.05, 3.63) is 65.7 Å². The van der Waals surface area contributed by atoms with Crippen LogP contribution in [0.3, 0.4) is 0 Å². The van der Waals surface area contributed by atoms with E-state index in [1.165, 1.54) is 14.2 Å². The molecule has 134 valence electrons. The highest BCUT2D eigenvalue weighted by Crippen LogP contribution is 2.60. The van der Waals surface area contributed by atoms with Crippen LogP contribution in [0.5, 0.6) is 0 Å². The molecule has 0 fully saturated rings. The van der Waals surface area contributed by atoms with Crippen LogP contribution < -0.4 is 10.7 Å². The Hall–Kier alpha value is -2.47. The van der Waals surface area contributed by atoms with Gasteiger partial charge in [-0.1, -0.05) is 48.5 Å². The quantitative estimate of drug-likeness (QED) is 0.807. The molecule has 0 unspecified atom stereocenters. The number of amides is 1.